The summed E-state index contributed by atoms with van der Waals surface area (Å²) in [6, 6.07) is 4.30. The molecular formula is C11H10Cl2N2O2. The minimum absolute atomic E-state index is 0.160. The van der Waals surface area contributed by atoms with Crippen LogP contribution in [-0.4, -0.2) is 23.4 Å². The number of likely N-dealkylation sites (tertiary alicyclic amines) is 1. The Bertz CT molecular complexity index is 477. The van der Waals surface area contributed by atoms with E-state index in [2.05, 4.69) is 5.32 Å². The molecule has 0 atom stereocenters. The lowest BCUT2D eigenvalue weighted by atomic mass is 10.3. The van der Waals surface area contributed by atoms with Gasteiger partial charge >= 0.3 is 6.03 Å². The lowest BCUT2D eigenvalue weighted by Crippen LogP contribution is -2.35. The second kappa shape index (κ2) is 4.94. The van der Waals surface area contributed by atoms with E-state index in [1.54, 1.807) is 12.1 Å². The molecule has 0 radical (unpaired) electrons. The van der Waals surface area contributed by atoms with E-state index in [0.29, 0.717) is 35.1 Å². The molecule has 1 saturated heterocycles. The van der Waals surface area contributed by atoms with Gasteiger partial charge < -0.3 is 5.32 Å². The van der Waals surface area contributed by atoms with Gasteiger partial charge in [-0.05, 0) is 24.6 Å². The summed E-state index contributed by atoms with van der Waals surface area (Å²) in [6.07, 6.45) is 1.13. The van der Waals surface area contributed by atoms with Gasteiger partial charge in [0.15, 0.2) is 0 Å². The van der Waals surface area contributed by atoms with Crippen LogP contribution in [-0.2, 0) is 4.79 Å². The van der Waals surface area contributed by atoms with Crippen molar-refractivity contribution in [2.45, 2.75) is 12.8 Å². The van der Waals surface area contributed by atoms with Crippen LogP contribution in [0.4, 0.5) is 10.5 Å². The molecule has 1 aliphatic rings. The molecule has 6 heteroatoms. The zero-order valence-electron chi connectivity index (χ0n) is 8.87. The average molecular weight is 273 g/mol. The van der Waals surface area contributed by atoms with Gasteiger partial charge in [-0.3, -0.25) is 9.69 Å². The van der Waals surface area contributed by atoms with E-state index >= 15 is 0 Å². The van der Waals surface area contributed by atoms with Gasteiger partial charge in [-0.25, -0.2) is 4.79 Å². The van der Waals surface area contributed by atoms with Crippen molar-refractivity contribution in [3.05, 3.63) is 28.2 Å². The smallest absolute Gasteiger partial charge is 0.306 e. The molecule has 4 nitrogen and oxygen atoms in total. The molecule has 1 aliphatic heterocycles. The van der Waals surface area contributed by atoms with Crippen molar-refractivity contribution in [1.29, 1.82) is 0 Å². The van der Waals surface area contributed by atoms with E-state index in [1.165, 1.54) is 11.0 Å². The van der Waals surface area contributed by atoms with Crippen molar-refractivity contribution in [2.24, 2.45) is 0 Å². The van der Waals surface area contributed by atoms with E-state index in [4.69, 9.17) is 23.2 Å². The van der Waals surface area contributed by atoms with Gasteiger partial charge in [-0.2, -0.15) is 0 Å². The molecule has 17 heavy (non-hydrogen) atoms. The fourth-order valence-corrected chi connectivity index (χ4v) is 2.09. The number of nitrogens with one attached hydrogen (secondary N) is 1. The fourth-order valence-electron chi connectivity index (χ4n) is 1.64. The number of carbonyl (C=O) groups is 2. The van der Waals surface area contributed by atoms with E-state index in [9.17, 15) is 9.59 Å². The second-order valence-electron chi connectivity index (χ2n) is 3.70. The molecule has 1 heterocycles. The highest BCUT2D eigenvalue weighted by atomic mass is 35.5. The van der Waals surface area contributed by atoms with Crippen molar-refractivity contribution in [3.63, 3.8) is 0 Å². The van der Waals surface area contributed by atoms with Crippen molar-refractivity contribution >= 4 is 40.8 Å². The Labute approximate surface area is 108 Å². The first-order chi connectivity index (χ1) is 8.08. The van der Waals surface area contributed by atoms with Gasteiger partial charge in [-0.1, -0.05) is 23.2 Å². The van der Waals surface area contributed by atoms with Crippen molar-refractivity contribution in [1.82, 2.24) is 4.90 Å². The van der Waals surface area contributed by atoms with Crippen LogP contribution in [0.1, 0.15) is 12.8 Å². The molecule has 3 amide bonds. The van der Waals surface area contributed by atoms with Gasteiger partial charge in [0, 0.05) is 18.0 Å². The van der Waals surface area contributed by atoms with Gasteiger partial charge in [0.05, 0.1) is 10.7 Å². The number of amides is 3. The third-order valence-corrected chi connectivity index (χ3v) is 3.04. The summed E-state index contributed by atoms with van der Waals surface area (Å²) in [6.45, 7) is 0.454. The number of benzene rings is 1. The zero-order valence-corrected chi connectivity index (χ0v) is 10.4. The molecule has 1 aromatic carbocycles. The van der Waals surface area contributed by atoms with E-state index in [0.717, 1.165) is 0 Å². The quantitative estimate of drug-likeness (QED) is 0.854. The molecule has 0 spiro atoms. The molecule has 1 N–H and O–H groups in total. The minimum Gasteiger partial charge on any atom is -0.306 e. The standard InChI is InChI=1S/C11H10Cl2N2O2/c12-7-3-4-9(8(13)6-7)14-11(17)15-5-1-2-10(15)16/h3-4,6H,1-2,5H2,(H,14,17). The Morgan fingerprint density at radius 1 is 1.35 bits per heavy atom. The topological polar surface area (TPSA) is 49.4 Å². The van der Waals surface area contributed by atoms with Gasteiger partial charge in [0.1, 0.15) is 0 Å². The fraction of sp³-hybridized carbons (Fsp3) is 0.273. The van der Waals surface area contributed by atoms with Crippen LogP contribution in [0.3, 0.4) is 0 Å². The maximum atomic E-state index is 11.8. The summed E-state index contributed by atoms with van der Waals surface area (Å²) in [5, 5.41) is 3.42. The predicted octanol–water partition coefficient (Wildman–Crippen LogP) is 3.15. The van der Waals surface area contributed by atoms with Crippen LogP contribution >= 0.6 is 23.2 Å². The molecule has 0 aliphatic carbocycles. The molecule has 0 unspecified atom stereocenters. The summed E-state index contributed by atoms with van der Waals surface area (Å²) in [7, 11) is 0. The maximum Gasteiger partial charge on any atom is 0.328 e. The van der Waals surface area contributed by atoms with Crippen LogP contribution < -0.4 is 5.32 Å². The first kappa shape index (κ1) is 12.2. The maximum absolute atomic E-state index is 11.8. The average Bonchev–Trinajstić information content (AvgIpc) is 2.68. The van der Waals surface area contributed by atoms with E-state index in [1.807, 2.05) is 0 Å². The number of carbonyl (C=O) groups excluding carboxylic acids is 2. The van der Waals surface area contributed by atoms with Crippen LogP contribution in [0.25, 0.3) is 0 Å². The lowest BCUT2D eigenvalue weighted by Gasteiger charge is -2.15. The van der Waals surface area contributed by atoms with E-state index in [-0.39, 0.29) is 5.91 Å². The van der Waals surface area contributed by atoms with Crippen LogP contribution in [0, 0.1) is 0 Å². The number of hydrogen-bond donors (Lipinski definition) is 1. The van der Waals surface area contributed by atoms with Gasteiger partial charge in [0.2, 0.25) is 5.91 Å². The highest BCUT2D eigenvalue weighted by molar-refractivity contribution is 6.36. The molecular weight excluding hydrogens is 263 g/mol. The number of anilines is 1. The summed E-state index contributed by atoms with van der Waals surface area (Å²) in [5.74, 6) is -0.160. The Morgan fingerprint density at radius 2 is 2.12 bits per heavy atom. The van der Waals surface area contributed by atoms with Crippen LogP contribution in [0.2, 0.25) is 10.0 Å². The number of rotatable bonds is 1. The summed E-state index contributed by atoms with van der Waals surface area (Å²) in [5.41, 5.74) is 0.445. The molecule has 0 aromatic heterocycles. The molecule has 1 aromatic rings. The van der Waals surface area contributed by atoms with Gasteiger partial charge in [0.25, 0.3) is 0 Å². The van der Waals surface area contributed by atoms with E-state index < -0.39 is 6.03 Å². The summed E-state index contributed by atoms with van der Waals surface area (Å²) in [4.78, 5) is 24.3. The number of hydrogen-bond acceptors (Lipinski definition) is 2. The predicted molar refractivity (Wildman–Crippen MR) is 66.4 cm³/mol. The van der Waals surface area contributed by atoms with Crippen LogP contribution in [0.5, 0.6) is 0 Å². The lowest BCUT2D eigenvalue weighted by molar-refractivity contribution is -0.125. The highest BCUT2D eigenvalue weighted by Gasteiger charge is 2.26. The third-order valence-electron chi connectivity index (χ3n) is 2.49. The number of halogens is 2. The summed E-state index contributed by atoms with van der Waals surface area (Å²) < 4.78 is 0. The van der Waals surface area contributed by atoms with Crippen LogP contribution in [0.15, 0.2) is 18.2 Å². The zero-order chi connectivity index (χ0) is 12.4. The SMILES string of the molecule is O=C1CCCN1C(=O)Nc1ccc(Cl)cc1Cl. The first-order valence-corrected chi connectivity index (χ1v) is 5.90. The Kier molecular flexibility index (Phi) is 3.54. The Balaban J connectivity index is 2.10. The largest absolute Gasteiger partial charge is 0.328 e. The highest BCUT2D eigenvalue weighted by Crippen LogP contribution is 2.26. The van der Waals surface area contributed by atoms with Crippen molar-refractivity contribution < 1.29 is 9.59 Å². The normalized spacial score (nSPS) is 15.2. The monoisotopic (exact) mass is 272 g/mol. The third kappa shape index (κ3) is 2.70. The van der Waals surface area contributed by atoms with Crippen molar-refractivity contribution in [3.8, 4) is 0 Å². The molecule has 90 valence electrons. The molecule has 2 rings (SSSR count). The number of nitrogens with zero attached hydrogens (tertiary/aromatic N) is 1. The molecule has 1 fully saturated rings. The molecule has 0 bridgehead atoms. The van der Waals surface area contributed by atoms with Gasteiger partial charge in [-0.15, -0.1) is 0 Å². The van der Waals surface area contributed by atoms with Crippen molar-refractivity contribution in [2.75, 3.05) is 11.9 Å². The Hall–Kier alpha value is -1.26. The molecule has 0 saturated carbocycles. The number of urea groups is 1. The summed E-state index contributed by atoms with van der Waals surface area (Å²) >= 11 is 11.7. The Morgan fingerprint density at radius 3 is 2.71 bits per heavy atom. The number of imide groups is 1. The second-order valence-corrected chi connectivity index (χ2v) is 4.55. The minimum atomic E-state index is -0.447. The first-order valence-electron chi connectivity index (χ1n) is 5.14.